The molecule has 0 atom stereocenters. The molecule has 0 bridgehead atoms. The van der Waals surface area contributed by atoms with Gasteiger partial charge < -0.3 is 20.7 Å². The van der Waals surface area contributed by atoms with E-state index < -0.39 is 11.6 Å². The van der Waals surface area contributed by atoms with E-state index in [0.29, 0.717) is 36.8 Å². The second kappa shape index (κ2) is 7.75. The Kier molecular flexibility index (Phi) is 5.15. The highest BCUT2D eigenvalue weighted by Gasteiger charge is 2.25. The van der Waals surface area contributed by atoms with Crippen molar-refractivity contribution in [3.8, 4) is 11.1 Å². The van der Waals surface area contributed by atoms with Gasteiger partial charge in [0.25, 0.3) is 0 Å². The zero-order valence-electron chi connectivity index (χ0n) is 15.5. The molecule has 2 heterocycles. The highest BCUT2D eigenvalue weighted by molar-refractivity contribution is 6.33. The van der Waals surface area contributed by atoms with E-state index in [4.69, 9.17) is 11.6 Å². The van der Waals surface area contributed by atoms with Crippen LogP contribution in [0.25, 0.3) is 16.8 Å². The van der Waals surface area contributed by atoms with Gasteiger partial charge in [-0.3, -0.25) is 4.79 Å². The van der Waals surface area contributed by atoms with Crippen LogP contribution in [0, 0.1) is 11.6 Å². The average Bonchev–Trinajstić information content (AvgIpc) is 2.73. The van der Waals surface area contributed by atoms with Gasteiger partial charge >= 0.3 is 0 Å². The number of hydrogen-bond donors (Lipinski definition) is 2. The molecule has 2 aliphatic heterocycles. The average molecular weight is 417 g/mol. The van der Waals surface area contributed by atoms with Crippen molar-refractivity contribution < 1.29 is 13.6 Å². The molecular weight excluding hydrogens is 398 g/mol. The smallest absolute Gasteiger partial charge is 0.246 e. The minimum atomic E-state index is -0.672. The quantitative estimate of drug-likeness (QED) is 0.746. The fraction of sp³-hybridized carbons (Fsp3) is 0.190. The van der Waals surface area contributed by atoms with Crippen LogP contribution in [0.15, 0.2) is 49.2 Å². The Balaban J connectivity index is 1.63. The van der Waals surface area contributed by atoms with E-state index in [0.717, 1.165) is 23.0 Å². The van der Waals surface area contributed by atoms with E-state index in [1.807, 2.05) is 6.20 Å². The summed E-state index contributed by atoms with van der Waals surface area (Å²) in [5.41, 5.74) is 9.28. The molecule has 2 aromatic rings. The zero-order valence-corrected chi connectivity index (χ0v) is 16.3. The van der Waals surface area contributed by atoms with Crippen molar-refractivity contribution in [3.63, 3.8) is 0 Å². The lowest BCUT2D eigenvalue weighted by atomic mass is 9.99. The Morgan fingerprint density at radius 2 is 1.83 bits per heavy atom. The minimum Gasteiger partial charge on any atom is -0.366 e. The number of halogens is 3. The number of carbonyl (C=O) groups is 1. The van der Waals surface area contributed by atoms with Crippen molar-refractivity contribution in [1.82, 2.24) is 15.2 Å². The Hall–Kier alpha value is -3.06. The Bertz CT molecular complexity index is 1020. The predicted octanol–water partition coefficient (Wildman–Crippen LogP) is 3.84. The standard InChI is InChI=1S/C21H19ClF2N4O/c1-2-21(29)28-7-5-27(6-8-28)20-12-25-26-19-11-15(17(22)10-16(19)20)14-4-3-13(23)9-18(14)24/h2-4,9-12,25-26H,1,5-8H2. The van der Waals surface area contributed by atoms with Gasteiger partial charge in [-0.15, -0.1) is 0 Å². The van der Waals surface area contributed by atoms with E-state index in [1.165, 1.54) is 18.2 Å². The molecule has 4 rings (SSSR count). The van der Waals surface area contributed by atoms with E-state index >= 15 is 0 Å². The summed E-state index contributed by atoms with van der Waals surface area (Å²) in [4.78, 5) is 15.7. The van der Waals surface area contributed by atoms with Crippen LogP contribution in [0.2, 0.25) is 5.02 Å². The summed E-state index contributed by atoms with van der Waals surface area (Å²) in [7, 11) is 0. The molecule has 0 unspecified atom stereocenters. The number of amides is 1. The Morgan fingerprint density at radius 1 is 1.07 bits per heavy atom. The monoisotopic (exact) mass is 416 g/mol. The first-order valence-electron chi connectivity index (χ1n) is 9.15. The highest BCUT2D eigenvalue weighted by Crippen LogP contribution is 2.39. The fourth-order valence-corrected chi connectivity index (χ4v) is 3.89. The molecule has 8 heteroatoms. The van der Waals surface area contributed by atoms with Crippen molar-refractivity contribution in [1.29, 1.82) is 0 Å². The molecule has 2 aromatic carbocycles. The SMILES string of the molecule is C=CC(=O)N1CCN(C2=CNNc3cc(-c4ccc(F)cc4F)c(Cl)cc32)CC1. The Morgan fingerprint density at radius 3 is 2.52 bits per heavy atom. The van der Waals surface area contributed by atoms with Crippen LogP contribution in [0.1, 0.15) is 5.56 Å². The number of nitrogens with one attached hydrogen (secondary N) is 2. The molecule has 0 saturated carbocycles. The first-order chi connectivity index (χ1) is 14.0. The largest absolute Gasteiger partial charge is 0.366 e. The number of piperazine rings is 1. The van der Waals surface area contributed by atoms with Crippen LogP contribution in [-0.4, -0.2) is 41.9 Å². The molecule has 0 spiro atoms. The number of rotatable bonds is 3. The molecule has 2 N–H and O–H groups in total. The van der Waals surface area contributed by atoms with Gasteiger partial charge in [0.15, 0.2) is 0 Å². The van der Waals surface area contributed by atoms with E-state index in [-0.39, 0.29) is 11.5 Å². The number of nitrogens with zero attached hydrogens (tertiary/aromatic N) is 2. The summed E-state index contributed by atoms with van der Waals surface area (Å²) in [5.74, 6) is -1.38. The maximum absolute atomic E-state index is 14.3. The Labute approximate surface area is 172 Å². The minimum absolute atomic E-state index is 0.0727. The molecule has 29 heavy (non-hydrogen) atoms. The molecule has 1 saturated heterocycles. The van der Waals surface area contributed by atoms with Crippen molar-refractivity contribution in [2.45, 2.75) is 0 Å². The van der Waals surface area contributed by atoms with Crippen molar-refractivity contribution >= 4 is 28.9 Å². The summed E-state index contributed by atoms with van der Waals surface area (Å²) in [6.45, 7) is 6.05. The van der Waals surface area contributed by atoms with Crippen LogP contribution >= 0.6 is 11.6 Å². The lowest BCUT2D eigenvalue weighted by molar-refractivity contribution is -0.127. The molecule has 5 nitrogen and oxygen atoms in total. The molecular formula is C21H19ClF2N4O. The van der Waals surface area contributed by atoms with Crippen molar-refractivity contribution in [2.75, 3.05) is 31.6 Å². The molecule has 0 radical (unpaired) electrons. The van der Waals surface area contributed by atoms with Gasteiger partial charge in [-0.05, 0) is 30.3 Å². The van der Waals surface area contributed by atoms with E-state index in [2.05, 4.69) is 22.3 Å². The second-order valence-corrected chi connectivity index (χ2v) is 7.22. The topological polar surface area (TPSA) is 47.6 Å². The van der Waals surface area contributed by atoms with Gasteiger partial charge in [-0.1, -0.05) is 18.2 Å². The number of benzene rings is 2. The summed E-state index contributed by atoms with van der Waals surface area (Å²) >= 11 is 6.48. The van der Waals surface area contributed by atoms with Crippen LogP contribution in [0.3, 0.4) is 0 Å². The second-order valence-electron chi connectivity index (χ2n) is 6.82. The fourth-order valence-electron chi connectivity index (χ4n) is 3.62. The number of hydrazine groups is 1. The summed E-state index contributed by atoms with van der Waals surface area (Å²) < 4.78 is 27.5. The third-order valence-corrected chi connectivity index (χ3v) is 5.44. The first-order valence-corrected chi connectivity index (χ1v) is 9.53. The van der Waals surface area contributed by atoms with E-state index in [9.17, 15) is 13.6 Å². The third kappa shape index (κ3) is 3.65. The van der Waals surface area contributed by atoms with Crippen LogP contribution in [0.4, 0.5) is 14.5 Å². The molecule has 1 amide bonds. The summed E-state index contributed by atoms with van der Waals surface area (Å²) in [6, 6.07) is 6.93. The first kappa shape index (κ1) is 19.3. The highest BCUT2D eigenvalue weighted by atomic mass is 35.5. The third-order valence-electron chi connectivity index (χ3n) is 5.13. The van der Waals surface area contributed by atoms with Gasteiger partial charge in [0.2, 0.25) is 5.91 Å². The maximum Gasteiger partial charge on any atom is 0.246 e. The lowest BCUT2D eigenvalue weighted by Gasteiger charge is -2.38. The molecule has 0 aromatic heterocycles. The van der Waals surface area contributed by atoms with E-state index in [1.54, 1.807) is 17.0 Å². The normalized spacial score (nSPS) is 15.8. The van der Waals surface area contributed by atoms with Gasteiger partial charge in [-0.25, -0.2) is 8.78 Å². The molecule has 150 valence electrons. The van der Waals surface area contributed by atoms with Crippen molar-refractivity contribution in [2.24, 2.45) is 0 Å². The molecule has 0 aliphatic carbocycles. The lowest BCUT2D eigenvalue weighted by Crippen LogP contribution is -2.48. The number of anilines is 1. The van der Waals surface area contributed by atoms with Gasteiger partial charge in [0.1, 0.15) is 11.6 Å². The number of carbonyl (C=O) groups excluding carboxylic acids is 1. The zero-order chi connectivity index (χ0) is 20.5. The van der Waals surface area contributed by atoms with Crippen LogP contribution in [-0.2, 0) is 4.79 Å². The molecule has 2 aliphatic rings. The van der Waals surface area contributed by atoms with Crippen LogP contribution < -0.4 is 10.9 Å². The predicted molar refractivity (Wildman–Crippen MR) is 110 cm³/mol. The van der Waals surface area contributed by atoms with Gasteiger partial charge in [-0.2, -0.15) is 0 Å². The summed E-state index contributed by atoms with van der Waals surface area (Å²) in [5, 5.41) is 0.365. The van der Waals surface area contributed by atoms with Gasteiger partial charge in [0, 0.05) is 60.2 Å². The maximum atomic E-state index is 14.3. The van der Waals surface area contributed by atoms with Crippen molar-refractivity contribution in [3.05, 3.63) is 71.4 Å². The summed E-state index contributed by atoms with van der Waals surface area (Å²) in [6.07, 6.45) is 3.16. The molecule has 1 fully saturated rings. The van der Waals surface area contributed by atoms with Crippen LogP contribution in [0.5, 0.6) is 0 Å². The van der Waals surface area contributed by atoms with Gasteiger partial charge in [0.05, 0.1) is 11.4 Å². The number of hydrogen-bond acceptors (Lipinski definition) is 4. The number of fused-ring (bicyclic) bond motifs is 1.